The highest BCUT2D eigenvalue weighted by Gasteiger charge is 2.19. The second kappa shape index (κ2) is 5.75. The summed E-state index contributed by atoms with van der Waals surface area (Å²) in [5.74, 6) is -0.985. The third-order valence-corrected chi connectivity index (χ3v) is 2.15. The molecule has 0 saturated heterocycles. The molecule has 0 aromatic carbocycles. The summed E-state index contributed by atoms with van der Waals surface area (Å²) >= 11 is 0. The molecular formula is C10H19NO3. The van der Waals surface area contributed by atoms with Crippen molar-refractivity contribution >= 4 is 11.7 Å². The standard InChI is InChI=1S/C10H19NO3/c1-6(2)4-9(12)7(3)5-8(11)10(13)14/h6-7,9,11-12H,4-5H2,1-3H3,(H,13,14). The minimum Gasteiger partial charge on any atom is -0.477 e. The van der Waals surface area contributed by atoms with Crippen molar-refractivity contribution in [2.24, 2.45) is 11.8 Å². The summed E-state index contributed by atoms with van der Waals surface area (Å²) in [6.45, 7) is 5.77. The van der Waals surface area contributed by atoms with E-state index >= 15 is 0 Å². The fraction of sp³-hybridized carbons (Fsp3) is 0.800. The molecule has 4 nitrogen and oxygen atoms in total. The predicted molar refractivity (Wildman–Crippen MR) is 54.6 cm³/mol. The molecule has 4 heteroatoms. The SMILES string of the molecule is CC(C)CC(O)C(C)CC(=N)C(=O)O. The van der Waals surface area contributed by atoms with Crippen LogP contribution >= 0.6 is 0 Å². The van der Waals surface area contributed by atoms with Crippen LogP contribution < -0.4 is 0 Å². The van der Waals surface area contributed by atoms with Crippen LogP contribution in [-0.2, 0) is 4.79 Å². The van der Waals surface area contributed by atoms with Crippen LogP contribution in [0.5, 0.6) is 0 Å². The average molecular weight is 201 g/mol. The lowest BCUT2D eigenvalue weighted by Crippen LogP contribution is -2.25. The quantitative estimate of drug-likeness (QED) is 0.570. The number of carboxylic acids is 1. The summed E-state index contributed by atoms with van der Waals surface area (Å²) in [4.78, 5) is 10.4. The van der Waals surface area contributed by atoms with Gasteiger partial charge in [0.05, 0.1) is 6.10 Å². The Hall–Kier alpha value is -0.900. The summed E-state index contributed by atoms with van der Waals surface area (Å²) in [7, 11) is 0. The van der Waals surface area contributed by atoms with Crippen LogP contribution in [-0.4, -0.2) is 28.0 Å². The molecule has 2 unspecified atom stereocenters. The molecule has 0 aliphatic rings. The highest BCUT2D eigenvalue weighted by molar-refractivity contribution is 6.34. The second-order valence-electron chi connectivity index (χ2n) is 4.16. The van der Waals surface area contributed by atoms with E-state index in [9.17, 15) is 9.90 Å². The number of aliphatic carboxylic acids is 1. The number of carbonyl (C=O) groups is 1. The Balaban J connectivity index is 4.00. The lowest BCUT2D eigenvalue weighted by molar-refractivity contribution is -0.129. The molecule has 0 fully saturated rings. The summed E-state index contributed by atoms with van der Waals surface area (Å²) in [6, 6.07) is 0. The van der Waals surface area contributed by atoms with Gasteiger partial charge in [-0.2, -0.15) is 0 Å². The lowest BCUT2D eigenvalue weighted by Gasteiger charge is -2.19. The van der Waals surface area contributed by atoms with Gasteiger partial charge in [0.15, 0.2) is 0 Å². The van der Waals surface area contributed by atoms with Gasteiger partial charge in [-0.1, -0.05) is 20.8 Å². The van der Waals surface area contributed by atoms with Crippen LogP contribution in [0.3, 0.4) is 0 Å². The van der Waals surface area contributed by atoms with Crippen molar-refractivity contribution < 1.29 is 15.0 Å². The van der Waals surface area contributed by atoms with Crippen LogP contribution in [0.15, 0.2) is 0 Å². The second-order valence-corrected chi connectivity index (χ2v) is 4.16. The van der Waals surface area contributed by atoms with Crippen molar-refractivity contribution in [3.8, 4) is 0 Å². The van der Waals surface area contributed by atoms with Gasteiger partial charge in [0.2, 0.25) is 0 Å². The van der Waals surface area contributed by atoms with E-state index in [0.29, 0.717) is 12.3 Å². The van der Waals surface area contributed by atoms with Gasteiger partial charge in [0.25, 0.3) is 0 Å². The molecule has 0 aliphatic carbocycles. The molecule has 0 aliphatic heterocycles. The van der Waals surface area contributed by atoms with Gasteiger partial charge in [-0.15, -0.1) is 0 Å². The summed E-state index contributed by atoms with van der Waals surface area (Å²) < 4.78 is 0. The molecule has 14 heavy (non-hydrogen) atoms. The monoisotopic (exact) mass is 201 g/mol. The Bertz CT molecular complexity index is 213. The molecule has 0 aromatic heterocycles. The van der Waals surface area contributed by atoms with Gasteiger partial charge in [0.1, 0.15) is 5.71 Å². The molecule has 0 rings (SSSR count). The van der Waals surface area contributed by atoms with E-state index in [1.807, 2.05) is 13.8 Å². The Morgan fingerprint density at radius 2 is 1.86 bits per heavy atom. The fourth-order valence-electron chi connectivity index (χ4n) is 1.26. The molecular weight excluding hydrogens is 182 g/mol. The lowest BCUT2D eigenvalue weighted by atomic mass is 9.92. The van der Waals surface area contributed by atoms with Crippen molar-refractivity contribution in [3.63, 3.8) is 0 Å². The Morgan fingerprint density at radius 1 is 1.36 bits per heavy atom. The van der Waals surface area contributed by atoms with Crippen molar-refractivity contribution in [1.82, 2.24) is 0 Å². The number of aliphatic hydroxyl groups excluding tert-OH is 1. The topological polar surface area (TPSA) is 81.4 Å². The van der Waals surface area contributed by atoms with Crippen LogP contribution in [0.1, 0.15) is 33.6 Å². The molecule has 0 heterocycles. The average Bonchev–Trinajstić information content (AvgIpc) is 2.02. The first-order chi connectivity index (χ1) is 6.34. The van der Waals surface area contributed by atoms with E-state index < -0.39 is 12.1 Å². The van der Waals surface area contributed by atoms with E-state index in [1.54, 1.807) is 6.92 Å². The van der Waals surface area contributed by atoms with E-state index in [1.165, 1.54) is 0 Å². The normalized spacial score (nSPS) is 15.2. The van der Waals surface area contributed by atoms with E-state index in [4.69, 9.17) is 10.5 Å². The van der Waals surface area contributed by atoms with Crippen LogP contribution in [0.2, 0.25) is 0 Å². The van der Waals surface area contributed by atoms with Gasteiger partial charge in [0, 0.05) is 6.42 Å². The number of nitrogens with one attached hydrogen (secondary N) is 1. The summed E-state index contributed by atoms with van der Waals surface area (Å²) in [5, 5.41) is 25.3. The Morgan fingerprint density at radius 3 is 2.21 bits per heavy atom. The molecule has 0 bridgehead atoms. The maximum Gasteiger partial charge on any atom is 0.349 e. The Labute approximate surface area is 84.5 Å². The van der Waals surface area contributed by atoms with Crippen molar-refractivity contribution in [3.05, 3.63) is 0 Å². The maximum atomic E-state index is 10.4. The highest BCUT2D eigenvalue weighted by Crippen LogP contribution is 2.16. The molecule has 0 spiro atoms. The molecule has 3 N–H and O–H groups in total. The van der Waals surface area contributed by atoms with Crippen LogP contribution in [0.25, 0.3) is 0 Å². The molecule has 0 aromatic rings. The number of hydrogen-bond acceptors (Lipinski definition) is 3. The van der Waals surface area contributed by atoms with Crippen molar-refractivity contribution in [1.29, 1.82) is 5.41 Å². The highest BCUT2D eigenvalue weighted by atomic mass is 16.4. The first-order valence-electron chi connectivity index (χ1n) is 4.83. The third-order valence-electron chi connectivity index (χ3n) is 2.15. The van der Waals surface area contributed by atoms with Crippen LogP contribution in [0.4, 0.5) is 0 Å². The predicted octanol–water partition coefficient (Wildman–Crippen LogP) is 1.52. The minimum absolute atomic E-state index is 0.128. The largest absolute Gasteiger partial charge is 0.477 e. The number of carboxylic acid groups (broad SMARTS) is 1. The molecule has 82 valence electrons. The van der Waals surface area contributed by atoms with Gasteiger partial charge in [-0.25, -0.2) is 4.79 Å². The smallest absolute Gasteiger partial charge is 0.349 e. The molecule has 0 radical (unpaired) electrons. The van der Waals surface area contributed by atoms with Gasteiger partial charge < -0.3 is 10.2 Å². The van der Waals surface area contributed by atoms with Gasteiger partial charge >= 0.3 is 5.97 Å². The van der Waals surface area contributed by atoms with Gasteiger partial charge in [-0.3, -0.25) is 5.41 Å². The molecule has 0 saturated carbocycles. The van der Waals surface area contributed by atoms with E-state index in [0.717, 1.165) is 0 Å². The van der Waals surface area contributed by atoms with Crippen molar-refractivity contribution in [2.45, 2.75) is 39.7 Å². The summed E-state index contributed by atoms with van der Waals surface area (Å²) in [5.41, 5.74) is -0.333. The number of rotatable bonds is 6. The third kappa shape index (κ3) is 4.97. The summed E-state index contributed by atoms with van der Waals surface area (Å²) in [6.07, 6.45) is 0.256. The zero-order valence-electron chi connectivity index (χ0n) is 8.95. The maximum absolute atomic E-state index is 10.4. The first kappa shape index (κ1) is 13.1. The number of aliphatic hydroxyl groups is 1. The number of hydrogen-bond donors (Lipinski definition) is 3. The van der Waals surface area contributed by atoms with E-state index in [2.05, 4.69) is 0 Å². The zero-order valence-corrected chi connectivity index (χ0v) is 8.95. The van der Waals surface area contributed by atoms with Crippen molar-refractivity contribution in [2.75, 3.05) is 0 Å². The van der Waals surface area contributed by atoms with Gasteiger partial charge in [-0.05, 0) is 18.3 Å². The Kier molecular flexibility index (Phi) is 5.38. The molecule has 0 amide bonds. The minimum atomic E-state index is -1.20. The zero-order chi connectivity index (χ0) is 11.3. The fourth-order valence-corrected chi connectivity index (χ4v) is 1.26. The van der Waals surface area contributed by atoms with E-state index in [-0.39, 0.29) is 18.1 Å². The van der Waals surface area contributed by atoms with Crippen LogP contribution in [0, 0.1) is 17.2 Å². The molecule has 2 atom stereocenters. The first-order valence-corrected chi connectivity index (χ1v) is 4.83.